The molecular weight excluding hydrogens is 393 g/mol. The molecule has 0 aliphatic carbocycles. The maximum atomic E-state index is 6.31. The quantitative estimate of drug-likeness (QED) is 0.637. The van der Waals surface area contributed by atoms with Crippen molar-refractivity contribution in [1.82, 2.24) is 9.80 Å². The van der Waals surface area contributed by atoms with Crippen LogP contribution in [0.5, 0.6) is 5.75 Å². The second kappa shape index (κ2) is 9.84. The molecule has 1 heterocycles. The van der Waals surface area contributed by atoms with Gasteiger partial charge < -0.3 is 14.5 Å². The minimum absolute atomic E-state index is 0.331. The number of para-hydroxylation sites is 2. The number of hydrogen-bond acceptors (Lipinski definition) is 4. The number of nitrogens with zero attached hydrogens (tertiary/aromatic N) is 3. The second-order valence-electron chi connectivity index (χ2n) is 7.48. The molecule has 0 saturated carbocycles. The van der Waals surface area contributed by atoms with Crippen molar-refractivity contribution in [2.75, 3.05) is 58.8 Å². The highest BCUT2D eigenvalue weighted by Crippen LogP contribution is 2.33. The Bertz CT molecular complexity index is 776. The Morgan fingerprint density at radius 2 is 1.71 bits per heavy atom. The smallest absolute Gasteiger partial charge is 0.142 e. The zero-order valence-corrected chi connectivity index (χ0v) is 18.4. The highest BCUT2D eigenvalue weighted by Gasteiger charge is 2.26. The van der Waals surface area contributed by atoms with Gasteiger partial charge in [0.25, 0.3) is 0 Å². The molecule has 0 N–H and O–H groups in total. The number of anilines is 1. The van der Waals surface area contributed by atoms with E-state index in [-0.39, 0.29) is 0 Å². The van der Waals surface area contributed by atoms with Gasteiger partial charge in [0.15, 0.2) is 0 Å². The molecule has 0 amide bonds. The molecule has 1 aliphatic rings. The van der Waals surface area contributed by atoms with E-state index in [2.05, 4.69) is 47.0 Å². The zero-order chi connectivity index (χ0) is 20.1. The summed E-state index contributed by atoms with van der Waals surface area (Å²) in [6, 6.07) is 14.6. The predicted octanol–water partition coefficient (Wildman–Crippen LogP) is 4.82. The number of halogens is 2. The fourth-order valence-corrected chi connectivity index (χ4v) is 4.13. The lowest BCUT2D eigenvalue weighted by atomic mass is 10.0. The second-order valence-corrected chi connectivity index (χ2v) is 8.29. The van der Waals surface area contributed by atoms with Crippen LogP contribution >= 0.6 is 23.2 Å². The Kier molecular flexibility index (Phi) is 7.47. The Balaban J connectivity index is 1.74. The van der Waals surface area contributed by atoms with E-state index in [1.54, 1.807) is 7.11 Å². The maximum absolute atomic E-state index is 6.31. The van der Waals surface area contributed by atoms with E-state index in [4.69, 9.17) is 27.9 Å². The van der Waals surface area contributed by atoms with E-state index in [0.717, 1.165) is 44.9 Å². The number of methoxy groups -OCH3 is 1. The van der Waals surface area contributed by atoms with Gasteiger partial charge in [-0.2, -0.15) is 0 Å². The first-order valence-electron chi connectivity index (χ1n) is 9.71. The Morgan fingerprint density at radius 3 is 2.36 bits per heavy atom. The van der Waals surface area contributed by atoms with Crippen molar-refractivity contribution in [2.45, 2.75) is 12.5 Å². The first kappa shape index (κ1) is 21.3. The molecule has 2 aromatic carbocycles. The fraction of sp³-hybridized carbons (Fsp3) is 0.455. The van der Waals surface area contributed by atoms with Crippen molar-refractivity contribution in [3.63, 3.8) is 0 Å². The summed E-state index contributed by atoms with van der Waals surface area (Å²) in [5.74, 6) is 0.935. The highest BCUT2D eigenvalue weighted by atomic mass is 35.5. The van der Waals surface area contributed by atoms with Gasteiger partial charge in [0, 0.05) is 32.2 Å². The van der Waals surface area contributed by atoms with Crippen LogP contribution in [0.15, 0.2) is 42.5 Å². The summed E-state index contributed by atoms with van der Waals surface area (Å²) in [4.78, 5) is 7.21. The molecule has 2 aromatic rings. The third-order valence-corrected chi connectivity index (χ3v) is 6.10. The van der Waals surface area contributed by atoms with Crippen LogP contribution in [-0.4, -0.2) is 63.7 Å². The summed E-state index contributed by atoms with van der Waals surface area (Å²) in [6.45, 7) is 4.96. The van der Waals surface area contributed by atoms with Crippen molar-refractivity contribution in [3.8, 4) is 5.75 Å². The summed E-state index contributed by atoms with van der Waals surface area (Å²) >= 11 is 12.5. The van der Waals surface area contributed by atoms with Gasteiger partial charge in [0.1, 0.15) is 5.75 Å². The molecule has 3 rings (SSSR count). The van der Waals surface area contributed by atoms with E-state index in [9.17, 15) is 0 Å². The van der Waals surface area contributed by atoms with Crippen molar-refractivity contribution >= 4 is 28.9 Å². The number of hydrogen-bond donors (Lipinski definition) is 0. The summed E-state index contributed by atoms with van der Waals surface area (Å²) in [6.07, 6.45) is 1.06. The average molecular weight is 422 g/mol. The van der Waals surface area contributed by atoms with Gasteiger partial charge in [-0.05, 0) is 56.9 Å². The van der Waals surface area contributed by atoms with Crippen molar-refractivity contribution in [1.29, 1.82) is 0 Å². The largest absolute Gasteiger partial charge is 0.495 e. The number of piperazine rings is 1. The van der Waals surface area contributed by atoms with Crippen LogP contribution in [0.2, 0.25) is 10.0 Å². The summed E-state index contributed by atoms with van der Waals surface area (Å²) in [5, 5.41) is 1.24. The van der Waals surface area contributed by atoms with Crippen LogP contribution in [0.4, 0.5) is 5.69 Å². The lowest BCUT2D eigenvalue weighted by Gasteiger charge is -2.41. The average Bonchev–Trinajstić information content (AvgIpc) is 2.71. The van der Waals surface area contributed by atoms with Gasteiger partial charge in [-0.1, -0.05) is 41.4 Å². The molecule has 1 unspecified atom stereocenters. The Morgan fingerprint density at radius 1 is 1.00 bits per heavy atom. The minimum atomic E-state index is 0.331. The first-order chi connectivity index (χ1) is 13.5. The number of rotatable bonds is 7. The summed E-state index contributed by atoms with van der Waals surface area (Å²) in [7, 11) is 5.97. The number of ether oxygens (including phenoxy) is 1. The van der Waals surface area contributed by atoms with Gasteiger partial charge >= 0.3 is 0 Å². The van der Waals surface area contributed by atoms with Crippen molar-refractivity contribution in [2.24, 2.45) is 0 Å². The molecule has 1 fully saturated rings. The topological polar surface area (TPSA) is 19.0 Å². The van der Waals surface area contributed by atoms with Crippen LogP contribution < -0.4 is 9.64 Å². The molecule has 1 saturated heterocycles. The van der Waals surface area contributed by atoms with E-state index in [0.29, 0.717) is 16.1 Å². The lowest BCUT2D eigenvalue weighted by molar-refractivity contribution is 0.166. The number of benzene rings is 2. The van der Waals surface area contributed by atoms with Crippen molar-refractivity contribution in [3.05, 3.63) is 58.1 Å². The summed E-state index contributed by atoms with van der Waals surface area (Å²) in [5.41, 5.74) is 2.41. The van der Waals surface area contributed by atoms with Gasteiger partial charge in [-0.15, -0.1) is 0 Å². The third-order valence-electron chi connectivity index (χ3n) is 5.36. The molecule has 1 aliphatic heterocycles. The monoisotopic (exact) mass is 421 g/mol. The predicted molar refractivity (Wildman–Crippen MR) is 119 cm³/mol. The van der Waals surface area contributed by atoms with E-state index < -0.39 is 0 Å². The standard InChI is InChI=1S/C22H29Cl2N3O/c1-25(2)11-10-20(17-8-9-18(23)19(24)16-17)26-12-14-27(15-13-26)21-6-4-5-7-22(21)28-3/h4-9,16,20H,10-15H2,1-3H3. The molecule has 1 atom stereocenters. The van der Waals surface area contributed by atoms with E-state index in [1.165, 1.54) is 11.3 Å². The summed E-state index contributed by atoms with van der Waals surface area (Å²) < 4.78 is 5.54. The Hall–Kier alpha value is -1.46. The molecule has 0 bridgehead atoms. The van der Waals surface area contributed by atoms with E-state index in [1.807, 2.05) is 24.3 Å². The van der Waals surface area contributed by atoms with Gasteiger partial charge in [-0.3, -0.25) is 4.90 Å². The van der Waals surface area contributed by atoms with Gasteiger partial charge in [-0.25, -0.2) is 0 Å². The molecule has 0 radical (unpaired) electrons. The minimum Gasteiger partial charge on any atom is -0.495 e. The highest BCUT2D eigenvalue weighted by molar-refractivity contribution is 6.42. The zero-order valence-electron chi connectivity index (χ0n) is 16.9. The van der Waals surface area contributed by atoms with Crippen LogP contribution in [0.3, 0.4) is 0 Å². The molecule has 0 aromatic heterocycles. The molecule has 6 heteroatoms. The third kappa shape index (κ3) is 5.12. The molecule has 0 spiro atoms. The SMILES string of the molecule is COc1ccccc1N1CCN(C(CCN(C)C)c2ccc(Cl)c(Cl)c2)CC1. The van der Waals surface area contributed by atoms with Crippen LogP contribution in [0, 0.1) is 0 Å². The molecule has 152 valence electrons. The molecular formula is C22H29Cl2N3O. The normalized spacial score (nSPS) is 16.4. The fourth-order valence-electron chi connectivity index (χ4n) is 3.83. The van der Waals surface area contributed by atoms with Crippen molar-refractivity contribution < 1.29 is 4.74 Å². The lowest BCUT2D eigenvalue weighted by Crippen LogP contribution is -2.48. The molecule has 4 nitrogen and oxygen atoms in total. The Labute approximate surface area is 178 Å². The van der Waals surface area contributed by atoms with Crippen LogP contribution in [-0.2, 0) is 0 Å². The van der Waals surface area contributed by atoms with Gasteiger partial charge in [0.2, 0.25) is 0 Å². The van der Waals surface area contributed by atoms with Crippen LogP contribution in [0.25, 0.3) is 0 Å². The molecule has 28 heavy (non-hydrogen) atoms. The first-order valence-corrected chi connectivity index (χ1v) is 10.5. The van der Waals surface area contributed by atoms with Gasteiger partial charge in [0.05, 0.1) is 22.8 Å². The van der Waals surface area contributed by atoms with Crippen LogP contribution in [0.1, 0.15) is 18.0 Å². The van der Waals surface area contributed by atoms with E-state index >= 15 is 0 Å². The maximum Gasteiger partial charge on any atom is 0.142 e.